The number of hydrogen-bond acceptors (Lipinski definition) is 8. The van der Waals surface area contributed by atoms with Gasteiger partial charge in [0.25, 0.3) is 11.8 Å². The Kier molecular flexibility index (Phi) is 6.85. The summed E-state index contributed by atoms with van der Waals surface area (Å²) in [4.78, 5) is 23.9. The van der Waals surface area contributed by atoms with Crippen molar-refractivity contribution in [2.24, 2.45) is 5.73 Å². The second-order valence-electron chi connectivity index (χ2n) is 9.61. The summed E-state index contributed by atoms with van der Waals surface area (Å²) in [6.45, 7) is 4.30. The molecule has 0 unspecified atom stereocenters. The molecule has 9 heteroatoms. The van der Waals surface area contributed by atoms with Gasteiger partial charge in [-0.2, -0.15) is 0 Å². The van der Waals surface area contributed by atoms with E-state index >= 15 is 0 Å². The van der Waals surface area contributed by atoms with Crippen LogP contribution in [-0.2, 0) is 18.5 Å². The van der Waals surface area contributed by atoms with Crippen molar-refractivity contribution >= 4 is 5.91 Å². The van der Waals surface area contributed by atoms with Crippen molar-refractivity contribution in [3.63, 3.8) is 0 Å². The molecule has 0 saturated carbocycles. The number of aryl methyl sites for hydroxylation is 1. The highest BCUT2D eigenvalue weighted by molar-refractivity contribution is 5.95. The monoisotopic (exact) mass is 508 g/mol. The molecule has 1 amide bonds. The largest absolute Gasteiger partial charge is 0.443 e. The summed E-state index contributed by atoms with van der Waals surface area (Å²) >= 11 is 0. The minimum atomic E-state index is -0.903. The standard InChI is InChI=1S/C29H28N6O3/c1-19-8-7-11-21(14-19)18-35(3)27(36)22-15-23(25-31-12-13-37-25)32-24(16-22)26-33-34-28(38-26)29(2,30)17-20-9-5-4-6-10-20/h4-16H,17-18,30H2,1-3H3/t29-/m1/s1. The summed E-state index contributed by atoms with van der Waals surface area (Å²) in [5.41, 5.74) is 9.96. The summed E-state index contributed by atoms with van der Waals surface area (Å²) in [7, 11) is 1.75. The van der Waals surface area contributed by atoms with Crippen LogP contribution in [0.1, 0.15) is 39.9 Å². The van der Waals surface area contributed by atoms with Crippen LogP contribution in [0.3, 0.4) is 0 Å². The molecule has 2 aromatic carbocycles. The van der Waals surface area contributed by atoms with Crippen molar-refractivity contribution in [3.05, 3.63) is 107 Å². The molecule has 0 aliphatic rings. The quantitative estimate of drug-likeness (QED) is 0.317. The Labute approximate surface area is 220 Å². The van der Waals surface area contributed by atoms with Crippen LogP contribution < -0.4 is 5.73 Å². The first-order valence-corrected chi connectivity index (χ1v) is 12.2. The predicted molar refractivity (Wildman–Crippen MR) is 142 cm³/mol. The average Bonchev–Trinajstić information content (AvgIpc) is 3.62. The molecular weight excluding hydrogens is 480 g/mol. The van der Waals surface area contributed by atoms with Gasteiger partial charge in [-0.05, 0) is 43.5 Å². The normalized spacial score (nSPS) is 12.7. The fraction of sp³-hybridized carbons (Fsp3) is 0.207. The van der Waals surface area contributed by atoms with Crippen molar-refractivity contribution in [3.8, 4) is 23.2 Å². The fourth-order valence-electron chi connectivity index (χ4n) is 4.25. The third-order valence-electron chi connectivity index (χ3n) is 6.12. The van der Waals surface area contributed by atoms with Gasteiger partial charge in [0.15, 0.2) is 0 Å². The van der Waals surface area contributed by atoms with E-state index in [0.29, 0.717) is 29.9 Å². The van der Waals surface area contributed by atoms with E-state index in [0.717, 1.165) is 16.7 Å². The lowest BCUT2D eigenvalue weighted by Gasteiger charge is -2.20. The molecule has 1 atom stereocenters. The number of nitrogens with two attached hydrogens (primary N) is 1. The maximum absolute atomic E-state index is 13.5. The number of oxazole rings is 1. The number of rotatable bonds is 8. The summed E-state index contributed by atoms with van der Waals surface area (Å²) in [5, 5.41) is 8.41. The second-order valence-corrected chi connectivity index (χ2v) is 9.61. The van der Waals surface area contributed by atoms with E-state index in [1.807, 2.05) is 62.4 Å². The third kappa shape index (κ3) is 5.52. The first kappa shape index (κ1) is 25.0. The Bertz CT molecular complexity index is 1540. The Hall–Kier alpha value is -4.63. The van der Waals surface area contributed by atoms with Crippen molar-refractivity contribution in [2.75, 3.05) is 7.05 Å². The minimum absolute atomic E-state index is 0.147. The Balaban J connectivity index is 1.46. The predicted octanol–water partition coefficient (Wildman–Crippen LogP) is 4.78. The molecule has 3 heterocycles. The number of carbonyl (C=O) groups excluding carboxylic acids is 1. The molecule has 0 radical (unpaired) electrons. The van der Waals surface area contributed by atoms with Crippen LogP contribution in [-0.4, -0.2) is 38.0 Å². The van der Waals surface area contributed by atoms with Crippen LogP contribution in [0.4, 0.5) is 0 Å². The van der Waals surface area contributed by atoms with Gasteiger partial charge in [-0.1, -0.05) is 60.2 Å². The summed E-state index contributed by atoms with van der Waals surface area (Å²) in [6, 6.07) is 21.2. The first-order valence-electron chi connectivity index (χ1n) is 12.2. The van der Waals surface area contributed by atoms with Gasteiger partial charge in [0.1, 0.15) is 17.7 Å². The number of aromatic nitrogens is 4. The van der Waals surface area contributed by atoms with E-state index < -0.39 is 5.54 Å². The van der Waals surface area contributed by atoms with Gasteiger partial charge in [0, 0.05) is 19.2 Å². The van der Waals surface area contributed by atoms with Crippen LogP contribution >= 0.6 is 0 Å². The molecule has 2 N–H and O–H groups in total. The second kappa shape index (κ2) is 10.4. The van der Waals surface area contributed by atoms with E-state index in [2.05, 4.69) is 26.2 Å². The number of hydrogen-bond donors (Lipinski definition) is 1. The molecule has 38 heavy (non-hydrogen) atoms. The van der Waals surface area contributed by atoms with Crippen molar-refractivity contribution < 1.29 is 13.6 Å². The van der Waals surface area contributed by atoms with E-state index in [-0.39, 0.29) is 23.6 Å². The fourth-order valence-corrected chi connectivity index (χ4v) is 4.25. The van der Waals surface area contributed by atoms with Crippen LogP contribution in [0.15, 0.2) is 88.0 Å². The zero-order valence-corrected chi connectivity index (χ0v) is 21.5. The number of amides is 1. The summed E-state index contributed by atoms with van der Waals surface area (Å²) in [5.74, 6) is 0.489. The molecule has 0 fully saturated rings. The molecule has 192 valence electrons. The van der Waals surface area contributed by atoms with Crippen LogP contribution in [0.2, 0.25) is 0 Å². The highest BCUT2D eigenvalue weighted by Gasteiger charge is 2.29. The van der Waals surface area contributed by atoms with Gasteiger partial charge >= 0.3 is 0 Å². The zero-order valence-electron chi connectivity index (χ0n) is 21.5. The number of nitrogens with zero attached hydrogens (tertiary/aromatic N) is 5. The average molecular weight is 509 g/mol. The van der Waals surface area contributed by atoms with E-state index in [9.17, 15) is 4.79 Å². The Morgan fingerprint density at radius 1 is 0.974 bits per heavy atom. The Morgan fingerprint density at radius 2 is 1.71 bits per heavy atom. The minimum Gasteiger partial charge on any atom is -0.443 e. The van der Waals surface area contributed by atoms with Crippen LogP contribution in [0.25, 0.3) is 23.2 Å². The topological polar surface area (TPSA) is 124 Å². The summed E-state index contributed by atoms with van der Waals surface area (Å²) < 4.78 is 11.5. The van der Waals surface area contributed by atoms with Crippen molar-refractivity contribution in [2.45, 2.75) is 32.4 Å². The van der Waals surface area contributed by atoms with Gasteiger partial charge in [0.05, 0.1) is 11.7 Å². The highest BCUT2D eigenvalue weighted by atomic mass is 16.4. The number of carbonyl (C=O) groups is 1. The molecule has 9 nitrogen and oxygen atoms in total. The SMILES string of the molecule is Cc1cccc(CN(C)C(=O)c2cc(-c3ncco3)nc(-c3nnc([C@](C)(N)Cc4ccccc4)o3)c2)c1. The zero-order chi connectivity index (χ0) is 26.7. The van der Waals surface area contributed by atoms with Crippen molar-refractivity contribution in [1.29, 1.82) is 0 Å². The molecular formula is C29H28N6O3. The molecule has 0 spiro atoms. The third-order valence-corrected chi connectivity index (χ3v) is 6.12. The maximum atomic E-state index is 13.5. The first-order chi connectivity index (χ1) is 18.3. The van der Waals surface area contributed by atoms with E-state index in [1.165, 1.54) is 12.5 Å². The molecule has 0 aliphatic carbocycles. The molecule has 0 saturated heterocycles. The lowest BCUT2D eigenvalue weighted by molar-refractivity contribution is 0.0785. The molecule has 0 bridgehead atoms. The molecule has 5 aromatic rings. The van der Waals surface area contributed by atoms with Gasteiger partial charge in [0.2, 0.25) is 11.8 Å². The van der Waals surface area contributed by atoms with Gasteiger partial charge in [-0.3, -0.25) is 4.79 Å². The maximum Gasteiger partial charge on any atom is 0.266 e. The van der Waals surface area contributed by atoms with Gasteiger partial charge in [-0.25, -0.2) is 9.97 Å². The highest BCUT2D eigenvalue weighted by Crippen LogP contribution is 2.28. The van der Waals surface area contributed by atoms with Gasteiger partial charge in [-0.15, -0.1) is 10.2 Å². The Morgan fingerprint density at radius 3 is 2.42 bits per heavy atom. The number of benzene rings is 2. The van der Waals surface area contributed by atoms with Crippen molar-refractivity contribution in [1.82, 2.24) is 25.1 Å². The lowest BCUT2D eigenvalue weighted by atomic mass is 9.94. The molecule has 0 aliphatic heterocycles. The molecule has 5 rings (SSSR count). The van der Waals surface area contributed by atoms with Gasteiger partial charge < -0.3 is 19.5 Å². The smallest absolute Gasteiger partial charge is 0.266 e. The van der Waals surface area contributed by atoms with E-state index in [4.69, 9.17) is 14.6 Å². The summed E-state index contributed by atoms with van der Waals surface area (Å²) in [6.07, 6.45) is 3.47. The lowest BCUT2D eigenvalue weighted by Crippen LogP contribution is -2.35. The van der Waals surface area contributed by atoms with Crippen LogP contribution in [0.5, 0.6) is 0 Å². The van der Waals surface area contributed by atoms with Crippen LogP contribution in [0, 0.1) is 6.92 Å². The van der Waals surface area contributed by atoms with E-state index in [1.54, 1.807) is 24.1 Å². The number of pyridine rings is 1. The molecule has 3 aromatic heterocycles.